The quantitative estimate of drug-likeness (QED) is 0.615. The van der Waals surface area contributed by atoms with E-state index in [1.807, 2.05) is 0 Å². The second kappa shape index (κ2) is 6.36. The molecule has 136 valence electrons. The highest BCUT2D eigenvalue weighted by atomic mass is 79.9. The summed E-state index contributed by atoms with van der Waals surface area (Å²) in [5, 5.41) is 0. The van der Waals surface area contributed by atoms with Crippen molar-refractivity contribution in [3.05, 3.63) is 56.2 Å². The third kappa shape index (κ3) is 3.97. The monoisotopic (exact) mass is 433 g/mol. The Morgan fingerprint density at radius 3 is 1.92 bits per heavy atom. The van der Waals surface area contributed by atoms with Gasteiger partial charge in [-0.2, -0.15) is 26.3 Å². The lowest BCUT2D eigenvalue weighted by Crippen LogP contribution is -2.20. The Balaban J connectivity index is 2.80. The van der Waals surface area contributed by atoms with Crippen molar-refractivity contribution in [2.24, 2.45) is 7.05 Å². The molecule has 0 N–H and O–H groups in total. The molecule has 1 heterocycles. The first-order valence-electron chi connectivity index (χ1n) is 6.33. The fraction of sp³-hybridized carbons (Fsp3) is 0.214. The molecule has 0 amide bonds. The van der Waals surface area contributed by atoms with Crippen molar-refractivity contribution < 1.29 is 35.5 Å². The van der Waals surface area contributed by atoms with Crippen LogP contribution in [0, 0.1) is 5.82 Å². The molecule has 2 aromatic rings. The van der Waals surface area contributed by atoms with Gasteiger partial charge in [0.25, 0.3) is 5.56 Å². The topological polar surface area (TPSA) is 31.2 Å². The van der Waals surface area contributed by atoms with Crippen LogP contribution in [0.25, 0.3) is 0 Å². The SMILES string of the molecule is Cn1ccc(Br)c(Oc2c(C(F)(F)F)cc(F)cc2C(F)(F)F)c1=O. The highest BCUT2D eigenvalue weighted by Crippen LogP contribution is 2.46. The number of hydrogen-bond donors (Lipinski definition) is 0. The van der Waals surface area contributed by atoms with Crippen molar-refractivity contribution in [1.29, 1.82) is 0 Å². The van der Waals surface area contributed by atoms with E-state index in [9.17, 15) is 35.5 Å². The molecule has 3 nitrogen and oxygen atoms in total. The van der Waals surface area contributed by atoms with E-state index in [-0.39, 0.29) is 16.6 Å². The van der Waals surface area contributed by atoms with Gasteiger partial charge in [-0.15, -0.1) is 0 Å². The molecule has 1 aromatic carbocycles. The Labute approximate surface area is 143 Å². The average molecular weight is 434 g/mol. The second-order valence-corrected chi connectivity index (χ2v) is 5.69. The number of aromatic nitrogens is 1. The zero-order valence-corrected chi connectivity index (χ0v) is 13.7. The van der Waals surface area contributed by atoms with Crippen LogP contribution in [0.5, 0.6) is 11.5 Å². The maximum Gasteiger partial charge on any atom is 0.420 e. The molecule has 0 radical (unpaired) electrons. The minimum atomic E-state index is -5.34. The number of halogens is 8. The molecular weight excluding hydrogens is 427 g/mol. The number of rotatable bonds is 2. The molecule has 0 aliphatic carbocycles. The Morgan fingerprint density at radius 1 is 1.00 bits per heavy atom. The zero-order valence-electron chi connectivity index (χ0n) is 12.1. The first-order chi connectivity index (χ1) is 11.3. The third-order valence-corrected chi connectivity index (χ3v) is 3.67. The maximum atomic E-state index is 13.3. The van der Waals surface area contributed by atoms with Crippen LogP contribution in [0.2, 0.25) is 0 Å². The first kappa shape index (κ1) is 19.3. The zero-order chi connectivity index (χ0) is 19.2. The molecular formula is C14H7BrF7NO2. The maximum absolute atomic E-state index is 13.3. The van der Waals surface area contributed by atoms with Crippen molar-refractivity contribution in [3.8, 4) is 11.5 Å². The van der Waals surface area contributed by atoms with Crippen LogP contribution in [-0.4, -0.2) is 4.57 Å². The Morgan fingerprint density at radius 2 is 1.48 bits per heavy atom. The second-order valence-electron chi connectivity index (χ2n) is 4.84. The molecule has 0 aliphatic heterocycles. The van der Waals surface area contributed by atoms with Gasteiger partial charge in [-0.05, 0) is 34.1 Å². The standard InChI is InChI=1S/C14H7BrF7NO2/c1-23-3-2-9(15)11(12(23)24)25-10-7(13(17,18)19)4-6(16)5-8(10)14(20,21)22/h2-5H,1H3. The minimum Gasteiger partial charge on any atom is -0.449 e. The molecule has 1 aromatic heterocycles. The van der Waals surface area contributed by atoms with Gasteiger partial charge in [0.2, 0.25) is 5.75 Å². The summed E-state index contributed by atoms with van der Waals surface area (Å²) >= 11 is 2.83. The lowest BCUT2D eigenvalue weighted by atomic mass is 10.1. The normalized spacial score (nSPS) is 12.4. The van der Waals surface area contributed by atoms with Gasteiger partial charge in [0.1, 0.15) is 16.9 Å². The molecule has 11 heteroatoms. The van der Waals surface area contributed by atoms with Gasteiger partial charge >= 0.3 is 12.4 Å². The van der Waals surface area contributed by atoms with E-state index < -0.39 is 46.4 Å². The van der Waals surface area contributed by atoms with Crippen molar-refractivity contribution >= 4 is 15.9 Å². The van der Waals surface area contributed by atoms with Gasteiger partial charge in [-0.3, -0.25) is 4.79 Å². The van der Waals surface area contributed by atoms with Crippen molar-refractivity contribution in [2.75, 3.05) is 0 Å². The summed E-state index contributed by atoms with van der Waals surface area (Å²) in [7, 11) is 1.22. The predicted molar refractivity (Wildman–Crippen MR) is 75.9 cm³/mol. The molecule has 0 saturated carbocycles. The van der Waals surface area contributed by atoms with Gasteiger partial charge in [-0.25, -0.2) is 4.39 Å². The summed E-state index contributed by atoms with van der Waals surface area (Å²) in [6, 6.07) is 0.929. The summed E-state index contributed by atoms with van der Waals surface area (Å²) in [6.07, 6.45) is -9.47. The summed E-state index contributed by atoms with van der Waals surface area (Å²) in [5.41, 5.74) is -4.96. The first-order valence-corrected chi connectivity index (χ1v) is 7.12. The number of hydrogen-bond acceptors (Lipinski definition) is 2. The molecule has 0 bridgehead atoms. The fourth-order valence-electron chi connectivity index (χ4n) is 1.90. The van der Waals surface area contributed by atoms with Crippen molar-refractivity contribution in [2.45, 2.75) is 12.4 Å². The van der Waals surface area contributed by atoms with Crippen molar-refractivity contribution in [3.63, 3.8) is 0 Å². The summed E-state index contributed by atoms with van der Waals surface area (Å²) < 4.78 is 97.2. The van der Waals surface area contributed by atoms with E-state index in [4.69, 9.17) is 4.74 Å². The predicted octanol–water partition coefficient (Wildman–Crippen LogP) is 5.12. The molecule has 0 fully saturated rings. The van der Waals surface area contributed by atoms with E-state index in [0.29, 0.717) is 0 Å². The van der Waals surface area contributed by atoms with Gasteiger partial charge < -0.3 is 9.30 Å². The lowest BCUT2D eigenvalue weighted by molar-refractivity contribution is -0.145. The molecule has 0 atom stereocenters. The Bertz CT molecular complexity index is 836. The molecule has 0 unspecified atom stereocenters. The van der Waals surface area contributed by atoms with E-state index >= 15 is 0 Å². The molecule has 0 saturated heterocycles. The number of pyridine rings is 1. The third-order valence-electron chi connectivity index (χ3n) is 3.04. The summed E-state index contributed by atoms with van der Waals surface area (Å²) in [6.45, 7) is 0. The Kier molecular flexibility index (Phi) is 4.90. The average Bonchev–Trinajstić information content (AvgIpc) is 2.46. The van der Waals surface area contributed by atoms with Gasteiger partial charge in [-0.1, -0.05) is 0 Å². The van der Waals surface area contributed by atoms with E-state index in [0.717, 1.165) is 4.57 Å². The van der Waals surface area contributed by atoms with Gasteiger partial charge in [0.05, 0.1) is 4.47 Å². The highest BCUT2D eigenvalue weighted by Gasteiger charge is 2.43. The minimum absolute atomic E-state index is 0.133. The molecule has 0 spiro atoms. The number of nitrogens with zero attached hydrogens (tertiary/aromatic N) is 1. The van der Waals surface area contributed by atoms with Crippen LogP contribution in [0.4, 0.5) is 30.7 Å². The van der Waals surface area contributed by atoms with Crippen molar-refractivity contribution in [1.82, 2.24) is 4.57 Å². The number of benzene rings is 1. The van der Waals surface area contributed by atoms with E-state index in [2.05, 4.69) is 15.9 Å². The van der Waals surface area contributed by atoms with Crippen LogP contribution in [0.1, 0.15) is 11.1 Å². The Hall–Kier alpha value is -2.04. The lowest BCUT2D eigenvalue weighted by Gasteiger charge is -2.19. The largest absolute Gasteiger partial charge is 0.449 e. The highest BCUT2D eigenvalue weighted by molar-refractivity contribution is 9.10. The van der Waals surface area contributed by atoms with Crippen LogP contribution >= 0.6 is 15.9 Å². The van der Waals surface area contributed by atoms with Gasteiger partial charge in [0.15, 0.2) is 5.75 Å². The smallest absolute Gasteiger partial charge is 0.420 e. The van der Waals surface area contributed by atoms with Crippen LogP contribution < -0.4 is 10.3 Å². The number of ether oxygens (including phenoxy) is 1. The van der Waals surface area contributed by atoms with Crippen LogP contribution in [0.3, 0.4) is 0 Å². The van der Waals surface area contributed by atoms with E-state index in [1.54, 1.807) is 0 Å². The molecule has 0 aliphatic rings. The summed E-state index contributed by atoms with van der Waals surface area (Å²) in [5.74, 6) is -4.25. The van der Waals surface area contributed by atoms with Crippen LogP contribution in [0.15, 0.2) is 33.7 Å². The molecule has 25 heavy (non-hydrogen) atoms. The summed E-state index contributed by atoms with van der Waals surface area (Å²) in [4.78, 5) is 12.0. The molecule has 2 rings (SSSR count). The number of aryl methyl sites for hydroxylation is 1. The van der Waals surface area contributed by atoms with Crippen LogP contribution in [-0.2, 0) is 19.4 Å². The fourth-order valence-corrected chi connectivity index (χ4v) is 2.27. The van der Waals surface area contributed by atoms with Gasteiger partial charge in [0, 0.05) is 13.2 Å². The number of alkyl halides is 6. The van der Waals surface area contributed by atoms with E-state index in [1.165, 1.54) is 19.3 Å².